The van der Waals surface area contributed by atoms with Crippen LogP contribution in [0.3, 0.4) is 0 Å². The Hall–Kier alpha value is -0.280. The summed E-state index contributed by atoms with van der Waals surface area (Å²) < 4.78 is 0. The van der Waals surface area contributed by atoms with E-state index in [0.717, 1.165) is 5.56 Å². The first-order chi connectivity index (χ1) is 6.45. The van der Waals surface area contributed by atoms with Crippen molar-refractivity contribution in [3.05, 3.63) is 33.8 Å². The van der Waals surface area contributed by atoms with Crippen LogP contribution in [0, 0.1) is 0 Å². The fourth-order valence-corrected chi connectivity index (χ4v) is 1.79. The second-order valence-electron chi connectivity index (χ2n) is 3.55. The molecule has 3 N–H and O–H groups in total. The lowest BCUT2D eigenvalue weighted by molar-refractivity contribution is 0.247. The quantitative estimate of drug-likeness (QED) is 0.844. The van der Waals surface area contributed by atoms with Gasteiger partial charge in [0, 0.05) is 22.2 Å². The van der Waals surface area contributed by atoms with Crippen molar-refractivity contribution in [3.8, 4) is 0 Å². The molecule has 0 fully saturated rings. The molecule has 4 heteroatoms. The molecule has 0 amide bonds. The number of nitrogens with two attached hydrogens (primary N) is 1. The van der Waals surface area contributed by atoms with Crippen LogP contribution in [-0.4, -0.2) is 11.7 Å². The zero-order chi connectivity index (χ0) is 10.8. The molecule has 0 spiro atoms. The topological polar surface area (TPSA) is 46.2 Å². The van der Waals surface area contributed by atoms with Crippen LogP contribution in [0.2, 0.25) is 10.0 Å². The molecule has 0 unspecified atom stereocenters. The first-order valence-electron chi connectivity index (χ1n) is 4.32. The Morgan fingerprint density at radius 2 is 1.79 bits per heavy atom. The molecule has 2 nitrogen and oxygen atoms in total. The van der Waals surface area contributed by atoms with E-state index >= 15 is 0 Å². The Labute approximate surface area is 93.6 Å². The Bertz CT molecular complexity index is 306. The van der Waals surface area contributed by atoms with E-state index in [-0.39, 0.29) is 6.61 Å². The summed E-state index contributed by atoms with van der Waals surface area (Å²) in [6.07, 6.45) is 0.476. The van der Waals surface area contributed by atoms with E-state index in [2.05, 4.69) is 0 Å². The van der Waals surface area contributed by atoms with Crippen molar-refractivity contribution < 1.29 is 5.11 Å². The van der Waals surface area contributed by atoms with Gasteiger partial charge in [-0.25, -0.2) is 0 Å². The van der Waals surface area contributed by atoms with Gasteiger partial charge in [0.25, 0.3) is 0 Å². The molecule has 14 heavy (non-hydrogen) atoms. The van der Waals surface area contributed by atoms with Gasteiger partial charge < -0.3 is 10.8 Å². The average Bonchev–Trinajstić information content (AvgIpc) is 2.02. The fraction of sp³-hybridized carbons (Fsp3) is 0.400. The van der Waals surface area contributed by atoms with Gasteiger partial charge in [0.05, 0.1) is 0 Å². The van der Waals surface area contributed by atoms with Gasteiger partial charge in [-0.3, -0.25) is 0 Å². The van der Waals surface area contributed by atoms with Crippen molar-refractivity contribution in [2.45, 2.75) is 18.9 Å². The summed E-state index contributed by atoms with van der Waals surface area (Å²) in [5.41, 5.74) is 6.25. The van der Waals surface area contributed by atoms with Crippen LogP contribution in [0.15, 0.2) is 18.2 Å². The first kappa shape index (κ1) is 11.8. The zero-order valence-electron chi connectivity index (χ0n) is 7.93. The first-order valence-corrected chi connectivity index (χ1v) is 5.07. The number of benzene rings is 1. The van der Waals surface area contributed by atoms with E-state index in [1.54, 1.807) is 18.2 Å². The summed E-state index contributed by atoms with van der Waals surface area (Å²) in [7, 11) is 0. The zero-order valence-corrected chi connectivity index (χ0v) is 9.44. The molecule has 0 saturated heterocycles. The van der Waals surface area contributed by atoms with Crippen LogP contribution in [-0.2, 0) is 5.54 Å². The smallest absolute Gasteiger partial charge is 0.0451 e. The number of aliphatic hydroxyl groups is 1. The molecule has 0 heterocycles. The standard InChI is InChI=1S/C10H13Cl2NO/c1-10(13,2-3-14)7-4-8(11)6-9(12)5-7/h4-6,14H,2-3,13H2,1H3/t10-/m0/s1. The lowest BCUT2D eigenvalue weighted by Gasteiger charge is -2.24. The summed E-state index contributed by atoms with van der Waals surface area (Å²) in [6, 6.07) is 5.19. The molecule has 0 radical (unpaired) electrons. The Kier molecular flexibility index (Phi) is 3.78. The summed E-state index contributed by atoms with van der Waals surface area (Å²) >= 11 is 11.7. The minimum atomic E-state index is -0.594. The van der Waals surface area contributed by atoms with E-state index in [4.69, 9.17) is 34.0 Å². The van der Waals surface area contributed by atoms with Gasteiger partial charge in [0.2, 0.25) is 0 Å². The van der Waals surface area contributed by atoms with Gasteiger partial charge in [-0.15, -0.1) is 0 Å². The van der Waals surface area contributed by atoms with Crippen molar-refractivity contribution in [1.29, 1.82) is 0 Å². The molecule has 0 aliphatic rings. The van der Waals surface area contributed by atoms with Crippen molar-refractivity contribution in [2.75, 3.05) is 6.61 Å². The van der Waals surface area contributed by atoms with E-state index in [1.165, 1.54) is 0 Å². The second kappa shape index (κ2) is 4.49. The van der Waals surface area contributed by atoms with Crippen LogP contribution in [0.4, 0.5) is 0 Å². The predicted molar refractivity (Wildman–Crippen MR) is 59.7 cm³/mol. The minimum Gasteiger partial charge on any atom is -0.396 e. The van der Waals surface area contributed by atoms with E-state index in [0.29, 0.717) is 16.5 Å². The second-order valence-corrected chi connectivity index (χ2v) is 4.42. The summed E-state index contributed by atoms with van der Waals surface area (Å²) in [5, 5.41) is 9.97. The van der Waals surface area contributed by atoms with Crippen molar-refractivity contribution in [3.63, 3.8) is 0 Å². The minimum absolute atomic E-state index is 0.0388. The Morgan fingerprint density at radius 1 is 1.29 bits per heavy atom. The number of rotatable bonds is 3. The average molecular weight is 234 g/mol. The molecule has 0 saturated carbocycles. The summed E-state index contributed by atoms with van der Waals surface area (Å²) in [4.78, 5) is 0. The maximum Gasteiger partial charge on any atom is 0.0451 e. The number of halogens is 2. The number of hydrogen-bond acceptors (Lipinski definition) is 2. The van der Waals surface area contributed by atoms with Crippen LogP contribution >= 0.6 is 23.2 Å². The highest BCUT2D eigenvalue weighted by atomic mass is 35.5. The molecule has 0 bridgehead atoms. The summed E-state index contributed by atoms with van der Waals surface area (Å²) in [6.45, 7) is 1.88. The highest BCUT2D eigenvalue weighted by Crippen LogP contribution is 2.27. The lowest BCUT2D eigenvalue weighted by atomic mass is 9.90. The van der Waals surface area contributed by atoms with Crippen LogP contribution in [0.5, 0.6) is 0 Å². The predicted octanol–water partition coefficient (Wildman–Crippen LogP) is 2.55. The fourth-order valence-electron chi connectivity index (χ4n) is 1.26. The molecular weight excluding hydrogens is 221 g/mol. The van der Waals surface area contributed by atoms with Gasteiger partial charge in [-0.1, -0.05) is 23.2 Å². The van der Waals surface area contributed by atoms with Crippen LogP contribution < -0.4 is 5.73 Å². The maximum atomic E-state index is 8.86. The number of hydrogen-bond donors (Lipinski definition) is 2. The van der Waals surface area contributed by atoms with Crippen molar-refractivity contribution in [2.24, 2.45) is 5.73 Å². The van der Waals surface area contributed by atoms with Gasteiger partial charge in [-0.05, 0) is 37.1 Å². The third kappa shape index (κ3) is 2.85. The molecule has 0 aliphatic heterocycles. The maximum absolute atomic E-state index is 8.86. The molecular formula is C10H13Cl2NO. The molecule has 0 aromatic heterocycles. The molecule has 0 aliphatic carbocycles. The SMILES string of the molecule is C[C@](N)(CCO)c1cc(Cl)cc(Cl)c1. The molecule has 78 valence electrons. The van der Waals surface area contributed by atoms with Gasteiger partial charge in [0.15, 0.2) is 0 Å². The third-order valence-corrected chi connectivity index (χ3v) is 2.59. The molecule has 1 aromatic carbocycles. The monoisotopic (exact) mass is 233 g/mol. The van der Waals surface area contributed by atoms with E-state index in [1.807, 2.05) is 6.92 Å². The van der Waals surface area contributed by atoms with Crippen LogP contribution in [0.1, 0.15) is 18.9 Å². The molecule has 1 aromatic rings. The number of aliphatic hydroxyl groups excluding tert-OH is 1. The Morgan fingerprint density at radius 3 is 2.21 bits per heavy atom. The van der Waals surface area contributed by atoms with Gasteiger partial charge >= 0.3 is 0 Å². The highest BCUT2D eigenvalue weighted by molar-refractivity contribution is 6.34. The molecule has 1 atom stereocenters. The van der Waals surface area contributed by atoms with Gasteiger partial charge in [-0.2, -0.15) is 0 Å². The highest BCUT2D eigenvalue weighted by Gasteiger charge is 2.21. The van der Waals surface area contributed by atoms with E-state index < -0.39 is 5.54 Å². The third-order valence-electron chi connectivity index (χ3n) is 2.15. The summed E-state index contributed by atoms with van der Waals surface area (Å²) in [5.74, 6) is 0. The largest absolute Gasteiger partial charge is 0.396 e. The Balaban J connectivity index is 3.05. The molecule has 1 rings (SSSR count). The van der Waals surface area contributed by atoms with E-state index in [9.17, 15) is 0 Å². The van der Waals surface area contributed by atoms with Crippen LogP contribution in [0.25, 0.3) is 0 Å². The van der Waals surface area contributed by atoms with Crippen molar-refractivity contribution in [1.82, 2.24) is 0 Å². The normalized spacial score (nSPS) is 15.2. The lowest BCUT2D eigenvalue weighted by Crippen LogP contribution is -2.34. The van der Waals surface area contributed by atoms with Crippen molar-refractivity contribution >= 4 is 23.2 Å². The van der Waals surface area contributed by atoms with Gasteiger partial charge in [0.1, 0.15) is 0 Å².